The van der Waals surface area contributed by atoms with Gasteiger partial charge in [0.15, 0.2) is 30.5 Å². The van der Waals surface area contributed by atoms with Gasteiger partial charge in [-0.1, -0.05) is 41.5 Å². The van der Waals surface area contributed by atoms with Crippen molar-refractivity contribution >= 4 is 47.8 Å². The zero-order chi connectivity index (χ0) is 44.1. The van der Waals surface area contributed by atoms with Crippen molar-refractivity contribution in [3.05, 3.63) is 0 Å². The Balaban J connectivity index is 2.97. The van der Waals surface area contributed by atoms with Crippen LogP contribution in [0.2, 0.25) is 0 Å². The molecule has 2 rings (SSSR count). The van der Waals surface area contributed by atoms with Gasteiger partial charge in [0.05, 0.1) is 0 Å². The van der Waals surface area contributed by atoms with Gasteiger partial charge in [-0.15, -0.1) is 0 Å². The fourth-order valence-electron chi connectivity index (χ4n) is 6.13. The molecule has 2 fully saturated rings. The van der Waals surface area contributed by atoms with Crippen LogP contribution in [-0.2, 0) is 90.5 Å². The molecule has 19 heteroatoms. The van der Waals surface area contributed by atoms with Gasteiger partial charge in [0, 0.05) is 52.4 Å². The lowest BCUT2D eigenvalue weighted by molar-refractivity contribution is -0.384. The van der Waals surface area contributed by atoms with Crippen molar-refractivity contribution in [2.24, 2.45) is 0 Å². The molecule has 0 saturated carbocycles. The minimum absolute atomic E-state index is 0.0654. The molecular weight excluding hydrogens is 784 g/mol. The van der Waals surface area contributed by atoms with Crippen LogP contribution in [0, 0.1) is 0 Å². The third-order valence-corrected chi connectivity index (χ3v) is 8.75. The normalized spacial score (nSPS) is 26.2. The first kappa shape index (κ1) is 50.8. The molecule has 19 nitrogen and oxygen atoms in total. The number of ether oxygens (including phenoxy) is 11. The fraction of sp³-hybridized carbons (Fsp3) is 0.800. The second-order valence-corrected chi connectivity index (χ2v) is 14.1. The Morgan fingerprint density at radius 1 is 0.458 bits per heavy atom. The van der Waals surface area contributed by atoms with E-state index in [0.29, 0.717) is 38.5 Å². The van der Waals surface area contributed by atoms with Crippen molar-refractivity contribution in [1.82, 2.24) is 0 Å². The van der Waals surface area contributed by atoms with E-state index in [2.05, 4.69) is 0 Å². The highest BCUT2D eigenvalue weighted by Gasteiger charge is 2.65. The number of hydrogen-bond acceptors (Lipinski definition) is 19. The van der Waals surface area contributed by atoms with Crippen LogP contribution in [0.25, 0.3) is 0 Å². The molecular formula is C40H62O19. The zero-order valence-corrected chi connectivity index (χ0v) is 35.5. The van der Waals surface area contributed by atoms with E-state index in [-0.39, 0.29) is 38.5 Å². The molecule has 2 saturated heterocycles. The third kappa shape index (κ3) is 16.3. The van der Waals surface area contributed by atoms with Crippen LogP contribution in [0.5, 0.6) is 0 Å². The molecule has 0 aromatic rings. The van der Waals surface area contributed by atoms with Crippen molar-refractivity contribution in [3.63, 3.8) is 0 Å². The van der Waals surface area contributed by atoms with Crippen LogP contribution in [0.15, 0.2) is 0 Å². The Morgan fingerprint density at radius 3 is 1.31 bits per heavy atom. The number of rotatable bonds is 25. The highest BCUT2D eigenvalue weighted by Crippen LogP contribution is 2.42. The first-order valence-corrected chi connectivity index (χ1v) is 20.5. The molecule has 2 aliphatic rings. The number of hydrogen-bond donors (Lipinski definition) is 0. The summed E-state index contributed by atoms with van der Waals surface area (Å²) in [5.41, 5.74) is 0. The first-order chi connectivity index (χ1) is 28.1. The van der Waals surface area contributed by atoms with E-state index in [1.54, 1.807) is 41.5 Å². The van der Waals surface area contributed by atoms with E-state index in [4.69, 9.17) is 52.1 Å². The van der Waals surface area contributed by atoms with Gasteiger partial charge in [0.2, 0.25) is 12.1 Å². The minimum atomic E-state index is -2.50. The quantitative estimate of drug-likeness (QED) is 0.0936. The Labute approximate surface area is 345 Å². The smallest absolute Gasteiger partial charge is 0.306 e. The van der Waals surface area contributed by atoms with Crippen LogP contribution in [-0.4, -0.2) is 122 Å². The van der Waals surface area contributed by atoms with Crippen molar-refractivity contribution < 1.29 is 90.5 Å². The van der Waals surface area contributed by atoms with Gasteiger partial charge in [0.1, 0.15) is 32.0 Å². The van der Waals surface area contributed by atoms with Crippen LogP contribution >= 0.6 is 0 Å². The first-order valence-electron chi connectivity index (χ1n) is 20.5. The molecule has 0 N–H and O–H groups in total. The molecule has 0 bridgehead atoms. The third-order valence-electron chi connectivity index (χ3n) is 8.75. The van der Waals surface area contributed by atoms with Crippen LogP contribution < -0.4 is 0 Å². The van der Waals surface area contributed by atoms with Crippen LogP contribution in [0.1, 0.15) is 132 Å². The lowest BCUT2D eigenvalue weighted by Crippen LogP contribution is -2.66. The second-order valence-electron chi connectivity index (χ2n) is 14.1. The molecule has 0 aromatic heterocycles. The molecule has 2 heterocycles. The lowest BCUT2D eigenvalue weighted by Gasteiger charge is -2.46. The van der Waals surface area contributed by atoms with Crippen molar-refractivity contribution in [3.8, 4) is 0 Å². The maximum Gasteiger partial charge on any atom is 0.306 e. The van der Waals surface area contributed by atoms with E-state index in [1.807, 2.05) is 0 Å². The Kier molecular flexibility index (Phi) is 22.4. The summed E-state index contributed by atoms with van der Waals surface area (Å²) < 4.78 is 64.8. The van der Waals surface area contributed by atoms with E-state index >= 15 is 0 Å². The standard InChI is InChI=1S/C40H62O19/c1-9-15-28(43)51-23-40(38(57-33(48)20-14-6)35(54-30(45)17-11-3)27(58-40)22-50-25(8)42)59-39-37(56-32(47)19-13-5)36(55-31(46)18-12-4)34(53-29(44)16-10-2)26(52-39)21-49-24(7)41/h26-27,34-39H,9-23H2,1-8H3/t26-,27-,34-,35-,36+,37-,38+,39-,40+/m1/s1. The summed E-state index contributed by atoms with van der Waals surface area (Å²) >= 11 is 0. The van der Waals surface area contributed by atoms with Gasteiger partial charge in [0.25, 0.3) is 0 Å². The Bertz CT molecular complexity index is 1420. The van der Waals surface area contributed by atoms with E-state index in [1.165, 1.54) is 0 Å². The highest BCUT2D eigenvalue weighted by atomic mass is 16.8. The summed E-state index contributed by atoms with van der Waals surface area (Å²) in [4.78, 5) is 103. The molecule has 0 spiro atoms. The zero-order valence-electron chi connectivity index (χ0n) is 35.5. The molecule has 336 valence electrons. The summed E-state index contributed by atoms with van der Waals surface area (Å²) in [7, 11) is 0. The van der Waals surface area contributed by atoms with E-state index in [0.717, 1.165) is 13.8 Å². The van der Waals surface area contributed by atoms with Gasteiger partial charge >= 0.3 is 47.8 Å². The molecule has 0 aliphatic carbocycles. The summed E-state index contributed by atoms with van der Waals surface area (Å²) in [6, 6.07) is 0. The van der Waals surface area contributed by atoms with Crippen molar-refractivity contribution in [2.45, 2.75) is 187 Å². The molecule has 0 aromatic carbocycles. The predicted molar refractivity (Wildman–Crippen MR) is 200 cm³/mol. The topological polar surface area (TPSA) is 238 Å². The minimum Gasteiger partial charge on any atom is -0.463 e. The second kappa shape index (κ2) is 26.0. The largest absolute Gasteiger partial charge is 0.463 e. The molecule has 59 heavy (non-hydrogen) atoms. The van der Waals surface area contributed by atoms with Crippen LogP contribution in [0.3, 0.4) is 0 Å². The average molecular weight is 847 g/mol. The fourth-order valence-corrected chi connectivity index (χ4v) is 6.13. The van der Waals surface area contributed by atoms with Gasteiger partial charge in [-0.3, -0.25) is 38.4 Å². The van der Waals surface area contributed by atoms with Gasteiger partial charge in [-0.05, 0) is 38.5 Å². The molecule has 9 atom stereocenters. The SMILES string of the molecule is CCCC(=O)OC[C@@]1(O[C@H]2O[C@H](COC(C)=O)[C@@H](OC(=O)CCC)[C@H](OC(=O)CCC)[C@H]2OC(=O)CCC)O[C@H](COC(C)=O)[C@@H](OC(=O)CCC)[C@@H]1OC(=O)CCC. The molecule has 0 amide bonds. The van der Waals surface area contributed by atoms with Crippen molar-refractivity contribution in [1.29, 1.82) is 0 Å². The monoisotopic (exact) mass is 846 g/mol. The van der Waals surface area contributed by atoms with Gasteiger partial charge in [-0.25, -0.2) is 0 Å². The van der Waals surface area contributed by atoms with E-state index in [9.17, 15) is 38.4 Å². The van der Waals surface area contributed by atoms with E-state index < -0.39 is 122 Å². The van der Waals surface area contributed by atoms with Gasteiger partial charge < -0.3 is 52.1 Å². The van der Waals surface area contributed by atoms with Crippen molar-refractivity contribution in [2.75, 3.05) is 19.8 Å². The van der Waals surface area contributed by atoms with Crippen LogP contribution in [0.4, 0.5) is 0 Å². The highest BCUT2D eigenvalue weighted by molar-refractivity contribution is 5.73. The molecule has 2 aliphatic heterocycles. The maximum atomic E-state index is 13.3. The maximum absolute atomic E-state index is 13.3. The Hall–Kier alpha value is -4.36. The average Bonchev–Trinajstić information content (AvgIpc) is 3.42. The summed E-state index contributed by atoms with van der Waals surface area (Å²) in [6.45, 7) is 10.5. The molecule has 0 unspecified atom stereocenters. The Morgan fingerprint density at radius 2 is 0.847 bits per heavy atom. The number of carbonyl (C=O) groups excluding carboxylic acids is 8. The van der Waals surface area contributed by atoms with Gasteiger partial charge in [-0.2, -0.15) is 0 Å². The number of esters is 8. The summed E-state index contributed by atoms with van der Waals surface area (Å²) in [5, 5.41) is 0. The summed E-state index contributed by atoms with van der Waals surface area (Å²) in [6.07, 6.45) is -11.7. The molecule has 0 radical (unpaired) electrons. The lowest BCUT2D eigenvalue weighted by atomic mass is 9.97. The number of carbonyl (C=O) groups is 8. The predicted octanol–water partition coefficient (Wildman–Crippen LogP) is 3.85. The summed E-state index contributed by atoms with van der Waals surface area (Å²) in [5.74, 6) is -8.63.